The van der Waals surface area contributed by atoms with Crippen LogP contribution in [0.2, 0.25) is 0 Å². The van der Waals surface area contributed by atoms with E-state index in [9.17, 15) is 38.7 Å². The predicted molar refractivity (Wildman–Crippen MR) is 386 cm³/mol. The van der Waals surface area contributed by atoms with Gasteiger partial charge in [-0.05, 0) is 270 Å². The van der Waals surface area contributed by atoms with E-state index in [0.717, 1.165) is 69.6 Å². The van der Waals surface area contributed by atoms with E-state index in [-0.39, 0.29) is 169 Å². The van der Waals surface area contributed by atoms with Crippen LogP contribution in [0, 0.1) is 122 Å². The first-order chi connectivity index (χ1) is 38.2. The Labute approximate surface area is 578 Å². The molecule has 0 aromatic carbocycles. The number of hydrogen-bond acceptors (Lipinski definition) is 14. The molecular formula is C80H152O14. The van der Waals surface area contributed by atoms with Gasteiger partial charge in [0.25, 0.3) is 0 Å². The molecule has 0 spiro atoms. The van der Waals surface area contributed by atoms with Crippen LogP contribution in [-0.4, -0.2) is 82.5 Å². The molecule has 22 atom stereocenters. The van der Waals surface area contributed by atoms with Crippen molar-refractivity contribution in [3.63, 3.8) is 0 Å². The van der Waals surface area contributed by atoms with Crippen LogP contribution in [0.1, 0.15) is 314 Å². The van der Waals surface area contributed by atoms with Crippen molar-refractivity contribution in [2.45, 2.75) is 337 Å². The van der Waals surface area contributed by atoms with Gasteiger partial charge in [0.15, 0.2) is 0 Å². The Balaban J connectivity index is -0.00000156. The minimum atomic E-state index is -1.12. The van der Waals surface area contributed by atoms with E-state index in [4.69, 9.17) is 28.4 Å². The van der Waals surface area contributed by atoms with Crippen molar-refractivity contribution in [1.29, 1.82) is 0 Å². The lowest BCUT2D eigenvalue weighted by atomic mass is 9.64. The zero-order valence-corrected chi connectivity index (χ0v) is 52.6. The molecule has 10 aliphatic carbocycles. The number of cyclic esters (lactones) is 2. The Morgan fingerprint density at radius 3 is 1.47 bits per heavy atom. The van der Waals surface area contributed by atoms with Gasteiger partial charge in [0, 0.05) is 11.8 Å². The molecule has 14 nitrogen and oxygen atoms in total. The summed E-state index contributed by atoms with van der Waals surface area (Å²) in [7, 11) is 0. The van der Waals surface area contributed by atoms with Crippen LogP contribution < -0.4 is 0 Å². The van der Waals surface area contributed by atoms with Gasteiger partial charge in [0.05, 0.1) is 46.0 Å². The summed E-state index contributed by atoms with van der Waals surface area (Å²) < 4.78 is 35.6. The molecule has 0 aromatic heterocycles. The summed E-state index contributed by atoms with van der Waals surface area (Å²) in [4.78, 5) is 94.7. The molecule has 10 saturated carbocycles. The van der Waals surface area contributed by atoms with Crippen molar-refractivity contribution >= 4 is 41.8 Å². The first kappa shape index (κ1) is 94.6. The number of hydrogen-bond donors (Lipinski definition) is 1. The maximum absolute atomic E-state index is 14.3. The molecule has 1 N–H and O–H groups in total. The first-order valence-corrected chi connectivity index (χ1v) is 32.6. The number of fused-ring (bicyclic) bond motifs is 14. The zero-order chi connectivity index (χ0) is 59.7. The summed E-state index contributed by atoms with van der Waals surface area (Å²) in [5.74, 6) is 2.18. The SMILES string of the molecule is C.C.C.C.C.C.C.C.C.C.C.C.CC1C2CC(C(=O)OC(C)(C)C)C(C2)C1C1C(=O)OC(=O)C1CC(C)(C)C(=O)OC1(C)CC2CC1C1CCCC21.CCC(C)(CC(C)(CC(C)(C)C(=O)OC1(C)CC2CC1C1CCCC21)C(=O)OC1(C)CC2CCC1C2)C(=O)OCCO. The largest absolute Gasteiger partial charge is 0.463 e. The standard InChI is InChI=1S/C35H56O7.C33H48O7.12CH4/c1-8-32(4,29(38)40-15-14-36)21-33(5,30(39)42-34(6)18-22-12-13-24(34)16-22)20-31(2,3)28(37)41-35(7)19-23-17-27(35)26-11-9-10-25(23)26;1-16-17-11-21(22(12-17)28(35)39-31(2,3)4)25(16)26-23(27(34)38-29(26)36)15-32(5,6)30(37)40-33(7)14-18-13-24(33)20-10-8-9-19(18)20;;;;;;;;;;;;/h22-27,36H,8-21H2,1-7H3;16-26H,8-15H2,1-7H3;12*1H4. The van der Waals surface area contributed by atoms with Gasteiger partial charge in [0.1, 0.15) is 29.0 Å². The molecule has 1 aliphatic heterocycles. The van der Waals surface area contributed by atoms with Crippen molar-refractivity contribution in [1.82, 2.24) is 0 Å². The van der Waals surface area contributed by atoms with E-state index in [2.05, 4.69) is 27.7 Å². The Morgan fingerprint density at radius 2 is 1.02 bits per heavy atom. The molecule has 11 aliphatic rings. The second-order valence-electron chi connectivity index (χ2n) is 32.8. The summed E-state index contributed by atoms with van der Waals surface area (Å²) in [6.07, 6.45) is 18.8. The third kappa shape index (κ3) is 17.2. The molecule has 556 valence electrons. The fraction of sp³-hybridized carbons (Fsp3) is 0.912. The van der Waals surface area contributed by atoms with Crippen LogP contribution in [0.25, 0.3) is 0 Å². The third-order valence-corrected chi connectivity index (χ3v) is 25.0. The number of esters is 7. The number of carbonyl (C=O) groups excluding carboxylic acids is 7. The molecule has 0 aromatic rings. The molecule has 1 heterocycles. The summed E-state index contributed by atoms with van der Waals surface area (Å²) in [5.41, 5.74) is -6.01. The number of ether oxygens (including phenoxy) is 6. The fourth-order valence-corrected chi connectivity index (χ4v) is 21.2. The molecule has 0 amide bonds. The average Bonchev–Trinajstić information content (AvgIpc) is 1.59. The number of rotatable bonds is 18. The number of aliphatic hydroxyl groups is 1. The second-order valence-corrected chi connectivity index (χ2v) is 32.8. The van der Waals surface area contributed by atoms with Crippen molar-refractivity contribution in [3.05, 3.63) is 0 Å². The van der Waals surface area contributed by atoms with Crippen LogP contribution in [0.3, 0.4) is 0 Å². The van der Waals surface area contributed by atoms with E-state index < -0.39 is 73.8 Å². The lowest BCUT2D eigenvalue weighted by Gasteiger charge is -2.44. The van der Waals surface area contributed by atoms with E-state index in [0.29, 0.717) is 59.7 Å². The Kier molecular flexibility index (Phi) is 33.8. The van der Waals surface area contributed by atoms with Crippen molar-refractivity contribution in [2.75, 3.05) is 13.2 Å². The van der Waals surface area contributed by atoms with Crippen LogP contribution in [0.15, 0.2) is 0 Å². The number of carbonyl (C=O) groups is 7. The van der Waals surface area contributed by atoms with Gasteiger partial charge in [-0.25, -0.2) is 0 Å². The highest BCUT2D eigenvalue weighted by molar-refractivity contribution is 5.97. The van der Waals surface area contributed by atoms with Crippen LogP contribution in [0.4, 0.5) is 0 Å². The minimum Gasteiger partial charge on any atom is -0.463 e. The zero-order valence-electron chi connectivity index (χ0n) is 52.6. The Morgan fingerprint density at radius 1 is 0.532 bits per heavy atom. The topological polar surface area (TPSA) is 195 Å². The monoisotopic (exact) mass is 1340 g/mol. The van der Waals surface area contributed by atoms with Gasteiger partial charge in [-0.3, -0.25) is 33.6 Å². The highest BCUT2D eigenvalue weighted by Crippen LogP contribution is 2.66. The summed E-state index contributed by atoms with van der Waals surface area (Å²) in [6, 6.07) is 0. The first-order valence-electron chi connectivity index (χ1n) is 32.6. The van der Waals surface area contributed by atoms with Gasteiger partial charge in [-0.15, -0.1) is 0 Å². The maximum Gasteiger partial charge on any atom is 0.317 e. The third-order valence-electron chi connectivity index (χ3n) is 25.0. The lowest BCUT2D eigenvalue weighted by molar-refractivity contribution is -0.188. The van der Waals surface area contributed by atoms with Crippen molar-refractivity contribution in [2.24, 2.45) is 122 Å². The molecule has 14 heteroatoms. The minimum absolute atomic E-state index is 0. The predicted octanol–water partition coefficient (Wildman–Crippen LogP) is 20.0. The molecular weight excluding hydrogens is 1180 g/mol. The highest BCUT2D eigenvalue weighted by Gasteiger charge is 2.66. The summed E-state index contributed by atoms with van der Waals surface area (Å²) in [5, 5.41) is 9.25. The van der Waals surface area contributed by atoms with Crippen molar-refractivity contribution in [3.8, 4) is 0 Å². The lowest BCUT2D eigenvalue weighted by Crippen LogP contribution is -2.49. The fourth-order valence-electron chi connectivity index (χ4n) is 21.2. The molecule has 22 unspecified atom stereocenters. The smallest absolute Gasteiger partial charge is 0.317 e. The highest BCUT2D eigenvalue weighted by atomic mass is 16.6. The van der Waals surface area contributed by atoms with Gasteiger partial charge in [-0.2, -0.15) is 0 Å². The van der Waals surface area contributed by atoms with E-state index in [1.54, 1.807) is 0 Å². The summed E-state index contributed by atoms with van der Waals surface area (Å²) >= 11 is 0. The van der Waals surface area contributed by atoms with E-state index in [1.165, 1.54) is 44.9 Å². The second kappa shape index (κ2) is 33.5. The Bertz CT molecular complexity index is 2510. The van der Waals surface area contributed by atoms with Gasteiger partial charge < -0.3 is 33.5 Å². The molecule has 94 heavy (non-hydrogen) atoms. The summed E-state index contributed by atoms with van der Waals surface area (Å²) in [6.45, 7) is 26.7. The van der Waals surface area contributed by atoms with Crippen molar-refractivity contribution < 1.29 is 67.1 Å². The van der Waals surface area contributed by atoms with Gasteiger partial charge in [-0.1, -0.05) is 116 Å². The van der Waals surface area contributed by atoms with Gasteiger partial charge in [0.2, 0.25) is 0 Å². The van der Waals surface area contributed by atoms with Gasteiger partial charge >= 0.3 is 41.8 Å². The Hall–Kier alpha value is -3.55. The molecule has 1 saturated heterocycles. The quantitative estimate of drug-likeness (QED) is 0.0773. The number of aliphatic hydroxyl groups excluding tert-OH is 1. The molecule has 11 rings (SSSR count). The normalized spacial score (nSPS) is 37.0. The maximum atomic E-state index is 14.3. The van der Waals surface area contributed by atoms with Crippen LogP contribution >= 0.6 is 0 Å². The molecule has 8 bridgehead atoms. The average molecular weight is 1340 g/mol. The molecule has 11 fully saturated rings. The van der Waals surface area contributed by atoms with Crippen LogP contribution in [-0.2, 0) is 62.0 Å². The molecule has 0 radical (unpaired) electrons. The van der Waals surface area contributed by atoms with E-state index >= 15 is 0 Å². The van der Waals surface area contributed by atoms with Crippen LogP contribution in [0.5, 0.6) is 0 Å². The van der Waals surface area contributed by atoms with E-state index in [1.807, 2.05) is 69.2 Å².